The quantitative estimate of drug-likeness (QED) is 0.391. The van der Waals surface area contributed by atoms with Crippen molar-refractivity contribution in [1.29, 1.82) is 0 Å². The Balaban J connectivity index is 0.00000272. The molecule has 0 saturated carbocycles. The fourth-order valence-electron chi connectivity index (χ4n) is 3.11. The summed E-state index contributed by atoms with van der Waals surface area (Å²) < 4.78 is 20.1. The molecule has 0 aliphatic rings. The van der Waals surface area contributed by atoms with Crippen LogP contribution in [0.3, 0.4) is 0 Å². The molecule has 0 N–H and O–H groups in total. The van der Waals surface area contributed by atoms with E-state index in [9.17, 15) is 9.18 Å². The minimum Gasteiger partial charge on any atom is -0.484 e. The summed E-state index contributed by atoms with van der Waals surface area (Å²) in [5, 5.41) is 2.72. The average molecular weight is 460 g/mol. The van der Waals surface area contributed by atoms with Crippen LogP contribution in [0.5, 0.6) is 5.75 Å². The van der Waals surface area contributed by atoms with Crippen molar-refractivity contribution in [2.24, 2.45) is 0 Å². The molecule has 1 heterocycles. The zero-order valence-corrected chi connectivity index (χ0v) is 18.9. The smallest absolute Gasteiger partial charge is 0.266 e. The number of carbonyl (C=O) groups is 1. The number of aromatic nitrogens is 1. The highest BCUT2D eigenvalue weighted by molar-refractivity contribution is 7.22. The summed E-state index contributed by atoms with van der Waals surface area (Å²) in [7, 11) is 3.89. The van der Waals surface area contributed by atoms with Gasteiger partial charge in [-0.3, -0.25) is 9.69 Å². The Morgan fingerprint density at radius 3 is 2.58 bits per heavy atom. The van der Waals surface area contributed by atoms with Gasteiger partial charge in [-0.1, -0.05) is 41.7 Å². The number of anilines is 1. The molecule has 0 saturated heterocycles. The Kier molecular flexibility index (Phi) is 7.43. The minimum absolute atomic E-state index is 0. The molecular weight excluding hydrogens is 437 g/mol. The molecule has 4 aromatic rings. The first-order valence-corrected chi connectivity index (χ1v) is 10.4. The van der Waals surface area contributed by atoms with E-state index >= 15 is 0 Å². The zero-order valence-electron chi connectivity index (χ0n) is 17.2. The van der Waals surface area contributed by atoms with E-state index in [1.807, 2.05) is 61.5 Å². The number of ether oxygens (including phenoxy) is 1. The molecular formula is C23H23ClFN3O2S. The average Bonchev–Trinajstić information content (AvgIpc) is 3.14. The third-order valence-electron chi connectivity index (χ3n) is 4.73. The summed E-state index contributed by atoms with van der Waals surface area (Å²) >= 11 is 1.30. The van der Waals surface area contributed by atoms with Crippen LogP contribution in [0, 0.1) is 5.82 Å². The maximum Gasteiger partial charge on any atom is 0.266 e. The number of carbonyl (C=O) groups excluding carboxylic acids is 1. The van der Waals surface area contributed by atoms with Crippen LogP contribution >= 0.6 is 23.7 Å². The van der Waals surface area contributed by atoms with Crippen LogP contribution in [0.4, 0.5) is 9.52 Å². The number of amides is 1. The van der Waals surface area contributed by atoms with Gasteiger partial charge in [0.05, 0.1) is 10.2 Å². The largest absolute Gasteiger partial charge is 0.484 e. The molecule has 0 spiro atoms. The van der Waals surface area contributed by atoms with E-state index < -0.39 is 0 Å². The lowest BCUT2D eigenvalue weighted by Crippen LogP contribution is -2.39. The number of nitrogens with zero attached hydrogens (tertiary/aromatic N) is 3. The second-order valence-corrected chi connectivity index (χ2v) is 8.26. The van der Waals surface area contributed by atoms with Crippen LogP contribution in [0.25, 0.3) is 21.0 Å². The molecule has 4 rings (SSSR count). The lowest BCUT2D eigenvalue weighted by atomic mass is 10.1. The Bertz CT molecular complexity index is 1200. The summed E-state index contributed by atoms with van der Waals surface area (Å²) in [5.74, 6) is 0.133. The van der Waals surface area contributed by atoms with Crippen molar-refractivity contribution < 1.29 is 13.9 Å². The van der Waals surface area contributed by atoms with Gasteiger partial charge in [0.2, 0.25) is 0 Å². The SMILES string of the molecule is CN(C)CCN(C(=O)COc1ccc2ccccc2c1)c1nc2ccc(F)cc2s1.Cl. The summed E-state index contributed by atoms with van der Waals surface area (Å²) in [4.78, 5) is 21.2. The lowest BCUT2D eigenvalue weighted by Gasteiger charge is -2.22. The number of fused-ring (bicyclic) bond motifs is 2. The van der Waals surface area contributed by atoms with Gasteiger partial charge in [0.15, 0.2) is 11.7 Å². The molecule has 0 aliphatic heterocycles. The van der Waals surface area contributed by atoms with Crippen LogP contribution in [0.15, 0.2) is 60.7 Å². The molecule has 0 bridgehead atoms. The maximum atomic E-state index is 13.6. The van der Waals surface area contributed by atoms with Gasteiger partial charge < -0.3 is 9.64 Å². The van der Waals surface area contributed by atoms with Crippen molar-refractivity contribution in [3.63, 3.8) is 0 Å². The lowest BCUT2D eigenvalue weighted by molar-refractivity contribution is -0.120. The molecule has 31 heavy (non-hydrogen) atoms. The Morgan fingerprint density at radius 2 is 1.81 bits per heavy atom. The number of rotatable bonds is 7. The zero-order chi connectivity index (χ0) is 21.1. The Hall–Kier alpha value is -2.74. The molecule has 162 valence electrons. The second-order valence-electron chi connectivity index (χ2n) is 7.25. The van der Waals surface area contributed by atoms with Crippen LogP contribution < -0.4 is 9.64 Å². The highest BCUT2D eigenvalue weighted by atomic mass is 35.5. The molecule has 0 aliphatic carbocycles. The predicted molar refractivity (Wildman–Crippen MR) is 127 cm³/mol. The number of hydrogen-bond acceptors (Lipinski definition) is 5. The first-order valence-electron chi connectivity index (χ1n) is 9.62. The number of halogens is 2. The third kappa shape index (κ3) is 5.50. The van der Waals surface area contributed by atoms with Gasteiger partial charge in [0.1, 0.15) is 11.6 Å². The number of likely N-dealkylation sites (N-methyl/N-ethyl adjacent to an activating group) is 1. The Labute approximate surface area is 190 Å². The van der Waals surface area contributed by atoms with E-state index in [1.165, 1.54) is 23.5 Å². The van der Waals surface area contributed by atoms with Crippen molar-refractivity contribution in [2.75, 3.05) is 38.7 Å². The standard InChI is InChI=1S/C23H22FN3O2S.ClH/c1-26(2)11-12-27(23-25-20-10-8-18(24)14-21(20)30-23)22(28)15-29-19-9-7-16-5-3-4-6-17(16)13-19;/h3-10,13-14H,11-12,15H2,1-2H3;1H. The molecule has 0 unspecified atom stereocenters. The first kappa shape index (κ1) is 22.9. The van der Waals surface area contributed by atoms with Crippen LogP contribution in [0.1, 0.15) is 0 Å². The molecule has 0 fully saturated rings. The molecule has 1 aromatic heterocycles. The van der Waals surface area contributed by atoms with Crippen molar-refractivity contribution >= 4 is 55.8 Å². The van der Waals surface area contributed by atoms with Gasteiger partial charge in [0.25, 0.3) is 5.91 Å². The summed E-state index contributed by atoms with van der Waals surface area (Å²) in [6.45, 7) is 1.04. The van der Waals surface area contributed by atoms with E-state index in [0.717, 1.165) is 10.8 Å². The van der Waals surface area contributed by atoms with Gasteiger partial charge in [-0.2, -0.15) is 0 Å². The minimum atomic E-state index is -0.316. The highest BCUT2D eigenvalue weighted by Gasteiger charge is 2.20. The van der Waals surface area contributed by atoms with Crippen LogP contribution in [-0.2, 0) is 4.79 Å². The van der Waals surface area contributed by atoms with Crippen molar-refractivity contribution in [3.05, 3.63) is 66.5 Å². The molecule has 1 amide bonds. The van der Waals surface area contributed by atoms with Crippen LogP contribution in [0.2, 0.25) is 0 Å². The summed E-state index contributed by atoms with van der Waals surface area (Å²) in [6.07, 6.45) is 0. The number of benzene rings is 3. The second kappa shape index (κ2) is 10.0. The molecule has 5 nitrogen and oxygen atoms in total. The van der Waals surface area contributed by atoms with Crippen molar-refractivity contribution in [3.8, 4) is 5.75 Å². The van der Waals surface area contributed by atoms with Gasteiger partial charge in [0, 0.05) is 13.1 Å². The summed E-state index contributed by atoms with van der Waals surface area (Å²) in [6, 6.07) is 18.2. The monoisotopic (exact) mass is 459 g/mol. The van der Waals surface area contributed by atoms with Gasteiger partial charge >= 0.3 is 0 Å². The van der Waals surface area contributed by atoms with E-state index in [2.05, 4.69) is 4.98 Å². The van der Waals surface area contributed by atoms with E-state index in [0.29, 0.717) is 34.2 Å². The third-order valence-corrected chi connectivity index (χ3v) is 5.77. The van der Waals surface area contributed by atoms with Crippen LogP contribution in [-0.4, -0.2) is 49.6 Å². The van der Waals surface area contributed by atoms with Gasteiger partial charge in [-0.25, -0.2) is 9.37 Å². The molecule has 3 aromatic carbocycles. The predicted octanol–water partition coefficient (Wildman–Crippen LogP) is 4.98. The highest BCUT2D eigenvalue weighted by Crippen LogP contribution is 2.29. The molecule has 0 atom stereocenters. The fourth-order valence-corrected chi connectivity index (χ4v) is 4.14. The molecule has 0 radical (unpaired) electrons. The van der Waals surface area contributed by atoms with Gasteiger partial charge in [-0.05, 0) is 55.2 Å². The van der Waals surface area contributed by atoms with E-state index in [-0.39, 0.29) is 30.7 Å². The van der Waals surface area contributed by atoms with E-state index in [1.54, 1.807) is 11.0 Å². The fraction of sp³-hybridized carbons (Fsp3) is 0.217. The topological polar surface area (TPSA) is 45.7 Å². The van der Waals surface area contributed by atoms with Crippen molar-refractivity contribution in [1.82, 2.24) is 9.88 Å². The first-order chi connectivity index (χ1) is 14.5. The van der Waals surface area contributed by atoms with E-state index in [4.69, 9.17) is 4.74 Å². The maximum absolute atomic E-state index is 13.6. The molecule has 8 heteroatoms. The van der Waals surface area contributed by atoms with Crippen molar-refractivity contribution in [2.45, 2.75) is 0 Å². The normalized spacial score (nSPS) is 11.0. The number of hydrogen-bond donors (Lipinski definition) is 0. The van der Waals surface area contributed by atoms with Gasteiger partial charge in [-0.15, -0.1) is 12.4 Å². The Morgan fingerprint density at radius 1 is 1.03 bits per heavy atom. The number of thiazole rings is 1. The summed E-state index contributed by atoms with van der Waals surface area (Å²) in [5.41, 5.74) is 0.675.